The zero-order valence-electron chi connectivity index (χ0n) is 26.2. The first-order valence-corrected chi connectivity index (χ1v) is 14.1. The van der Waals surface area contributed by atoms with Gasteiger partial charge in [-0.15, -0.1) is 0 Å². The summed E-state index contributed by atoms with van der Waals surface area (Å²) in [6.07, 6.45) is -8.93. The van der Waals surface area contributed by atoms with Gasteiger partial charge >= 0.3 is 36.4 Å². The summed E-state index contributed by atoms with van der Waals surface area (Å²) in [4.78, 5) is 37.8. The van der Waals surface area contributed by atoms with Crippen molar-refractivity contribution in [3.8, 4) is 11.3 Å². The van der Waals surface area contributed by atoms with E-state index in [1.54, 1.807) is 47.4 Å². The van der Waals surface area contributed by atoms with Crippen molar-refractivity contribution in [3.63, 3.8) is 0 Å². The molecule has 0 unspecified atom stereocenters. The molecule has 1 fully saturated rings. The van der Waals surface area contributed by atoms with E-state index in [0.717, 1.165) is 36.4 Å². The van der Waals surface area contributed by atoms with Gasteiger partial charge < -0.3 is 31.3 Å². The van der Waals surface area contributed by atoms with Crippen molar-refractivity contribution in [1.82, 2.24) is 19.6 Å². The maximum absolute atomic E-state index is 14.3. The van der Waals surface area contributed by atoms with Crippen LogP contribution in [0.15, 0.2) is 61.1 Å². The monoisotopic (exact) mass is 759 g/mol. The smallest absolute Gasteiger partial charge is 0.475 e. The Morgan fingerprint density at radius 2 is 1.37 bits per heavy atom. The highest BCUT2D eigenvalue weighted by atomic mass is 19.4. The summed E-state index contributed by atoms with van der Waals surface area (Å²) in [5.41, 5.74) is 9.91. The Kier molecular flexibility index (Phi) is 14.2. The summed E-state index contributed by atoms with van der Waals surface area (Å²) in [5.74, 6) is -7.53. The molecular weight excluding hydrogens is 732 g/mol. The van der Waals surface area contributed by atoms with Crippen LogP contribution >= 0.6 is 0 Å². The molecule has 284 valence electrons. The molecule has 5 rings (SSSR count). The third-order valence-electron chi connectivity index (χ3n) is 6.34. The molecule has 6 N–H and O–H groups in total. The molecule has 0 amide bonds. The van der Waals surface area contributed by atoms with Crippen molar-refractivity contribution in [3.05, 3.63) is 66.9 Å². The zero-order valence-corrected chi connectivity index (χ0v) is 26.2. The molecule has 4 aromatic rings. The first-order chi connectivity index (χ1) is 23.9. The quantitative estimate of drug-likeness (QED) is 0.158. The zero-order chi connectivity index (χ0) is 39.6. The third-order valence-corrected chi connectivity index (χ3v) is 6.34. The number of benzene rings is 1. The van der Waals surface area contributed by atoms with E-state index in [9.17, 15) is 43.9 Å². The summed E-state index contributed by atoms with van der Waals surface area (Å²) in [7, 11) is 0. The number of halogens is 10. The van der Waals surface area contributed by atoms with Crippen molar-refractivity contribution in [1.29, 1.82) is 0 Å². The number of hydrogen-bond acceptors (Lipinski definition) is 9. The normalized spacial score (nSPS) is 15.9. The topological polar surface area (TPSA) is 196 Å². The van der Waals surface area contributed by atoms with Crippen LogP contribution in [0.2, 0.25) is 0 Å². The Hall–Kier alpha value is -5.74. The minimum atomic E-state index is -5.08. The third kappa shape index (κ3) is 12.9. The predicted molar refractivity (Wildman–Crippen MR) is 161 cm³/mol. The Morgan fingerprint density at radius 3 is 1.87 bits per heavy atom. The van der Waals surface area contributed by atoms with Gasteiger partial charge in [-0.2, -0.15) is 49.1 Å². The number of pyridine rings is 1. The summed E-state index contributed by atoms with van der Waals surface area (Å²) >= 11 is 0. The number of fused-ring (bicyclic) bond motifs is 1. The van der Waals surface area contributed by atoms with Gasteiger partial charge in [0.15, 0.2) is 0 Å². The molecule has 1 aliphatic heterocycles. The summed E-state index contributed by atoms with van der Waals surface area (Å²) < 4.78 is 111. The Morgan fingerprint density at radius 1 is 0.827 bits per heavy atom. The van der Waals surface area contributed by atoms with Crippen LogP contribution in [0.3, 0.4) is 0 Å². The number of rotatable bonds is 4. The molecule has 3 aromatic heterocycles. The van der Waals surface area contributed by atoms with Crippen LogP contribution in [-0.4, -0.2) is 90.5 Å². The number of aromatic nitrogens is 4. The van der Waals surface area contributed by atoms with E-state index in [-0.39, 0.29) is 11.9 Å². The fraction of sp³-hybridized carbons (Fsp3) is 0.310. The van der Waals surface area contributed by atoms with E-state index in [2.05, 4.69) is 32.2 Å². The minimum absolute atomic E-state index is 0.141. The van der Waals surface area contributed by atoms with E-state index >= 15 is 0 Å². The molecule has 0 spiro atoms. The Bertz CT molecular complexity index is 1770. The molecular formula is C29H27F10N7O6. The number of piperidine rings is 1. The lowest BCUT2D eigenvalue weighted by atomic mass is 9.96. The Balaban J connectivity index is 0.000000365. The molecule has 52 heavy (non-hydrogen) atoms. The molecule has 4 heterocycles. The maximum Gasteiger partial charge on any atom is 0.490 e. The van der Waals surface area contributed by atoms with E-state index in [4.69, 9.17) is 35.4 Å². The van der Waals surface area contributed by atoms with Gasteiger partial charge in [-0.3, -0.25) is 4.98 Å². The molecule has 1 saturated heterocycles. The summed E-state index contributed by atoms with van der Waals surface area (Å²) in [6, 6.07) is 12.4. The van der Waals surface area contributed by atoms with Crippen molar-refractivity contribution in [2.75, 3.05) is 23.3 Å². The lowest BCUT2D eigenvalue weighted by Crippen LogP contribution is -2.46. The molecule has 1 aliphatic rings. The summed E-state index contributed by atoms with van der Waals surface area (Å²) in [5, 5.41) is 29.4. The SMILES string of the molecule is C[C@@H]1C[C@H](N)CN(c2ccncc2Nc2ncc3ccc(-c4ccccc4F)nn23)C1.O=C(O)C(F)(F)F.O=C(O)C(F)(F)F.O=C(O)C(F)(F)F. The first-order valence-electron chi connectivity index (χ1n) is 14.1. The van der Waals surface area contributed by atoms with Crippen LogP contribution in [-0.2, 0) is 14.4 Å². The van der Waals surface area contributed by atoms with Gasteiger partial charge in [0.1, 0.15) is 5.82 Å². The average Bonchev–Trinajstić information content (AvgIpc) is 3.42. The molecule has 0 bridgehead atoms. The molecule has 2 atom stereocenters. The number of nitrogens with one attached hydrogen (secondary N) is 1. The van der Waals surface area contributed by atoms with Gasteiger partial charge in [-0.05, 0) is 42.7 Å². The second-order valence-corrected chi connectivity index (χ2v) is 10.5. The van der Waals surface area contributed by atoms with Gasteiger partial charge in [-0.25, -0.2) is 23.8 Å². The number of carboxylic acids is 3. The van der Waals surface area contributed by atoms with E-state index in [1.807, 2.05) is 12.1 Å². The highest BCUT2D eigenvalue weighted by Gasteiger charge is 2.39. The summed E-state index contributed by atoms with van der Waals surface area (Å²) in [6.45, 7) is 3.95. The van der Waals surface area contributed by atoms with Gasteiger partial charge in [0.25, 0.3) is 0 Å². The highest BCUT2D eigenvalue weighted by Crippen LogP contribution is 2.31. The number of hydrogen-bond donors (Lipinski definition) is 5. The fourth-order valence-electron chi connectivity index (χ4n) is 4.26. The fourth-order valence-corrected chi connectivity index (χ4v) is 4.26. The predicted octanol–water partition coefficient (Wildman–Crippen LogP) is 5.75. The van der Waals surface area contributed by atoms with Gasteiger partial charge in [0, 0.05) is 30.9 Å². The van der Waals surface area contributed by atoms with Crippen molar-refractivity contribution < 1.29 is 73.6 Å². The van der Waals surface area contributed by atoms with Gasteiger partial charge in [-0.1, -0.05) is 19.1 Å². The number of nitrogens with zero attached hydrogens (tertiary/aromatic N) is 5. The first kappa shape index (κ1) is 42.4. The number of alkyl halides is 9. The van der Waals surface area contributed by atoms with Gasteiger partial charge in [0.2, 0.25) is 5.95 Å². The van der Waals surface area contributed by atoms with Crippen LogP contribution < -0.4 is 16.0 Å². The highest BCUT2D eigenvalue weighted by molar-refractivity contribution is 5.75. The lowest BCUT2D eigenvalue weighted by molar-refractivity contribution is -0.193. The van der Waals surface area contributed by atoms with Crippen LogP contribution in [0.25, 0.3) is 16.8 Å². The largest absolute Gasteiger partial charge is 0.490 e. The van der Waals surface area contributed by atoms with Crippen LogP contribution in [0, 0.1) is 11.7 Å². The van der Waals surface area contributed by atoms with Crippen molar-refractivity contribution in [2.45, 2.75) is 37.9 Å². The van der Waals surface area contributed by atoms with Crippen LogP contribution in [0.4, 0.5) is 61.2 Å². The maximum atomic E-state index is 14.3. The lowest BCUT2D eigenvalue weighted by Gasteiger charge is -2.37. The van der Waals surface area contributed by atoms with Crippen molar-refractivity contribution in [2.24, 2.45) is 11.7 Å². The minimum Gasteiger partial charge on any atom is -0.475 e. The van der Waals surface area contributed by atoms with E-state index < -0.39 is 36.4 Å². The average molecular weight is 760 g/mol. The number of nitrogens with two attached hydrogens (primary N) is 1. The number of carbonyl (C=O) groups is 3. The molecule has 0 aliphatic carbocycles. The molecule has 23 heteroatoms. The number of carboxylic acid groups (broad SMARTS) is 3. The van der Waals surface area contributed by atoms with Gasteiger partial charge in [0.05, 0.1) is 35.0 Å². The van der Waals surface area contributed by atoms with E-state index in [0.29, 0.717) is 23.1 Å². The number of imidazole rings is 1. The second-order valence-electron chi connectivity index (χ2n) is 10.5. The Labute approximate surface area is 285 Å². The molecule has 0 radical (unpaired) electrons. The van der Waals surface area contributed by atoms with E-state index in [1.165, 1.54) is 6.07 Å². The van der Waals surface area contributed by atoms with Crippen LogP contribution in [0.5, 0.6) is 0 Å². The van der Waals surface area contributed by atoms with Crippen molar-refractivity contribution >= 4 is 40.7 Å². The standard InChI is InChI=1S/C23H24FN7.3C2HF3O2/c1-15-10-16(25)14-30(13-15)22-8-9-26-12-21(22)28-23-27-11-17-6-7-20(29-31(17)23)18-4-2-3-5-19(18)24;3*3-2(4,5)1(6)7/h2-9,11-12,15-16H,10,13-14,25H2,1H3,(H,27,28);3*(H,6,7)/t15-,16+;;;/m1.../s1. The second kappa shape index (κ2) is 17.5. The number of anilines is 3. The van der Waals surface area contributed by atoms with Crippen LogP contribution in [0.1, 0.15) is 13.3 Å². The molecule has 13 nitrogen and oxygen atoms in total. The molecule has 0 saturated carbocycles. The number of aliphatic carboxylic acids is 3. The molecule has 1 aromatic carbocycles.